The van der Waals surface area contributed by atoms with E-state index in [1.807, 2.05) is 24.5 Å². The first kappa shape index (κ1) is 20.5. The van der Waals surface area contributed by atoms with Crippen LogP contribution in [-0.4, -0.2) is 25.2 Å². The van der Waals surface area contributed by atoms with E-state index in [0.717, 1.165) is 27.9 Å². The number of aryl methyl sites for hydroxylation is 2. The Morgan fingerprint density at radius 2 is 1.84 bits per heavy atom. The van der Waals surface area contributed by atoms with Crippen molar-refractivity contribution in [2.75, 3.05) is 0 Å². The van der Waals surface area contributed by atoms with Crippen molar-refractivity contribution in [3.05, 3.63) is 93.7 Å². The molecule has 3 heterocycles. The molecule has 4 aromatic rings. The Kier molecular flexibility index (Phi) is 5.62. The Labute approximate surface area is 178 Å². The van der Waals surface area contributed by atoms with Gasteiger partial charge in [0.15, 0.2) is 0 Å². The number of nitrogens with zero attached hydrogens (tertiary/aromatic N) is 4. The van der Waals surface area contributed by atoms with E-state index in [1.165, 1.54) is 16.8 Å². The van der Waals surface area contributed by atoms with Gasteiger partial charge in [-0.2, -0.15) is 5.10 Å². The fourth-order valence-electron chi connectivity index (χ4n) is 3.66. The first-order valence-corrected chi connectivity index (χ1v) is 9.89. The number of fused-ring (bicyclic) bond motifs is 1. The molecule has 4 rings (SSSR count). The highest BCUT2D eigenvalue weighted by Gasteiger charge is 2.17. The van der Waals surface area contributed by atoms with Crippen LogP contribution < -0.4 is 10.9 Å². The van der Waals surface area contributed by atoms with Crippen molar-refractivity contribution >= 4 is 16.7 Å². The second kappa shape index (κ2) is 8.51. The van der Waals surface area contributed by atoms with Gasteiger partial charge in [-0.3, -0.25) is 14.6 Å². The summed E-state index contributed by atoms with van der Waals surface area (Å²) in [7, 11) is 0. The van der Waals surface area contributed by atoms with Crippen molar-refractivity contribution in [1.82, 2.24) is 24.6 Å². The van der Waals surface area contributed by atoms with Gasteiger partial charge in [0, 0.05) is 42.3 Å². The van der Waals surface area contributed by atoms with Crippen molar-refractivity contribution < 1.29 is 9.18 Å². The van der Waals surface area contributed by atoms with Crippen molar-refractivity contribution in [1.29, 1.82) is 0 Å². The minimum Gasteiger partial charge on any atom is -0.350 e. The van der Waals surface area contributed by atoms with Gasteiger partial charge in [-0.15, -0.1) is 0 Å². The number of aromatic nitrogens is 4. The van der Waals surface area contributed by atoms with E-state index in [4.69, 9.17) is 0 Å². The van der Waals surface area contributed by atoms with E-state index >= 15 is 0 Å². The summed E-state index contributed by atoms with van der Waals surface area (Å²) in [5, 5.41) is 8.26. The lowest BCUT2D eigenvalue weighted by Crippen LogP contribution is -2.33. The van der Waals surface area contributed by atoms with Crippen LogP contribution in [0.5, 0.6) is 0 Å². The molecule has 0 atom stereocenters. The van der Waals surface area contributed by atoms with E-state index in [1.54, 1.807) is 36.8 Å². The SMILES string of the molecule is Cc1c2cnn(CC(=O)NCc3cccnc3)c(=O)c2c(C)n1Cc1ccc(F)cc1. The number of benzene rings is 1. The molecule has 0 bridgehead atoms. The van der Waals surface area contributed by atoms with Gasteiger partial charge in [0.05, 0.1) is 11.6 Å². The summed E-state index contributed by atoms with van der Waals surface area (Å²) >= 11 is 0. The molecule has 0 radical (unpaired) electrons. The van der Waals surface area contributed by atoms with Gasteiger partial charge in [-0.05, 0) is 43.2 Å². The first-order valence-electron chi connectivity index (χ1n) is 9.89. The summed E-state index contributed by atoms with van der Waals surface area (Å²) in [6.45, 7) is 4.46. The Balaban J connectivity index is 1.58. The summed E-state index contributed by atoms with van der Waals surface area (Å²) in [5.41, 5.74) is 3.17. The molecule has 0 aliphatic carbocycles. The molecule has 0 fully saturated rings. The number of rotatable bonds is 6. The highest BCUT2D eigenvalue weighted by molar-refractivity contribution is 5.87. The van der Waals surface area contributed by atoms with Crippen LogP contribution in [0.4, 0.5) is 4.39 Å². The molecule has 1 N–H and O–H groups in total. The lowest BCUT2D eigenvalue weighted by Gasteiger charge is -2.09. The maximum absolute atomic E-state index is 13.2. The normalized spacial score (nSPS) is 11.1. The summed E-state index contributed by atoms with van der Waals surface area (Å²) in [6, 6.07) is 9.94. The molecule has 0 saturated heterocycles. The molecular weight excluding hydrogens is 397 g/mol. The first-order chi connectivity index (χ1) is 14.9. The van der Waals surface area contributed by atoms with Gasteiger partial charge in [0.1, 0.15) is 12.4 Å². The molecule has 8 heteroatoms. The number of carbonyl (C=O) groups is 1. The third-order valence-electron chi connectivity index (χ3n) is 5.36. The van der Waals surface area contributed by atoms with Gasteiger partial charge < -0.3 is 9.88 Å². The molecule has 1 aromatic carbocycles. The van der Waals surface area contributed by atoms with Crippen LogP contribution in [0.2, 0.25) is 0 Å². The topological polar surface area (TPSA) is 81.8 Å². The second-order valence-corrected chi connectivity index (χ2v) is 7.42. The summed E-state index contributed by atoms with van der Waals surface area (Å²) in [6.07, 6.45) is 4.96. The van der Waals surface area contributed by atoms with Crippen molar-refractivity contribution in [2.45, 2.75) is 33.5 Å². The third-order valence-corrected chi connectivity index (χ3v) is 5.36. The highest BCUT2D eigenvalue weighted by atomic mass is 19.1. The standard InChI is InChI=1S/C23H22FN5O2/c1-15-20-12-27-29(14-21(30)26-11-18-4-3-9-25-10-18)23(31)22(20)16(2)28(15)13-17-5-7-19(24)8-6-17/h3-10,12H,11,13-14H2,1-2H3,(H,26,30). The van der Waals surface area contributed by atoms with Gasteiger partial charge in [0.25, 0.3) is 5.56 Å². The van der Waals surface area contributed by atoms with Gasteiger partial charge >= 0.3 is 0 Å². The quantitative estimate of drug-likeness (QED) is 0.521. The van der Waals surface area contributed by atoms with Gasteiger partial charge in [-0.1, -0.05) is 18.2 Å². The van der Waals surface area contributed by atoms with Gasteiger partial charge in [0.2, 0.25) is 5.91 Å². The van der Waals surface area contributed by atoms with E-state index in [0.29, 0.717) is 18.5 Å². The van der Waals surface area contributed by atoms with Crippen LogP contribution in [0.1, 0.15) is 22.5 Å². The second-order valence-electron chi connectivity index (χ2n) is 7.42. The highest BCUT2D eigenvalue weighted by Crippen LogP contribution is 2.23. The lowest BCUT2D eigenvalue weighted by atomic mass is 10.2. The average molecular weight is 419 g/mol. The number of carbonyl (C=O) groups excluding carboxylic acids is 1. The number of hydrogen-bond acceptors (Lipinski definition) is 4. The molecule has 0 saturated carbocycles. The fraction of sp³-hybridized carbons (Fsp3) is 0.217. The molecule has 0 unspecified atom stereocenters. The van der Waals surface area contributed by atoms with Crippen molar-refractivity contribution in [3.8, 4) is 0 Å². The molecule has 1 amide bonds. The lowest BCUT2D eigenvalue weighted by molar-refractivity contribution is -0.122. The monoisotopic (exact) mass is 419 g/mol. The summed E-state index contributed by atoms with van der Waals surface area (Å²) in [4.78, 5) is 29.4. The number of halogens is 1. The van der Waals surface area contributed by atoms with E-state index in [9.17, 15) is 14.0 Å². The zero-order valence-corrected chi connectivity index (χ0v) is 17.3. The van der Waals surface area contributed by atoms with Crippen LogP contribution in [0, 0.1) is 19.7 Å². The number of hydrogen-bond donors (Lipinski definition) is 1. The minimum absolute atomic E-state index is 0.170. The largest absolute Gasteiger partial charge is 0.350 e. The van der Waals surface area contributed by atoms with Crippen LogP contribution in [0.15, 0.2) is 59.8 Å². The molecule has 7 nitrogen and oxygen atoms in total. The Morgan fingerprint density at radius 1 is 1.06 bits per heavy atom. The Hall–Kier alpha value is -3.81. The average Bonchev–Trinajstić information content (AvgIpc) is 3.01. The van der Waals surface area contributed by atoms with Crippen LogP contribution in [-0.2, 0) is 24.4 Å². The third kappa shape index (κ3) is 4.23. The molecular formula is C23H22FN5O2. The van der Waals surface area contributed by atoms with Crippen LogP contribution in [0.25, 0.3) is 10.8 Å². The predicted molar refractivity (Wildman–Crippen MR) is 115 cm³/mol. The number of pyridine rings is 1. The molecule has 0 aliphatic rings. The zero-order chi connectivity index (χ0) is 22.0. The zero-order valence-electron chi connectivity index (χ0n) is 17.3. The van der Waals surface area contributed by atoms with E-state index in [2.05, 4.69) is 15.4 Å². The Morgan fingerprint density at radius 3 is 2.55 bits per heavy atom. The Bertz CT molecular complexity index is 1290. The minimum atomic E-state index is -0.313. The maximum Gasteiger partial charge on any atom is 0.276 e. The summed E-state index contributed by atoms with van der Waals surface area (Å²) in [5.74, 6) is -0.596. The van der Waals surface area contributed by atoms with Crippen LogP contribution in [0.3, 0.4) is 0 Å². The molecule has 0 aliphatic heterocycles. The van der Waals surface area contributed by atoms with Crippen LogP contribution >= 0.6 is 0 Å². The van der Waals surface area contributed by atoms with E-state index < -0.39 is 0 Å². The number of nitrogens with one attached hydrogen (secondary N) is 1. The summed E-state index contributed by atoms with van der Waals surface area (Å²) < 4.78 is 16.4. The van der Waals surface area contributed by atoms with Crippen molar-refractivity contribution in [3.63, 3.8) is 0 Å². The maximum atomic E-state index is 13.2. The fourth-order valence-corrected chi connectivity index (χ4v) is 3.66. The molecule has 31 heavy (non-hydrogen) atoms. The van der Waals surface area contributed by atoms with Crippen molar-refractivity contribution in [2.24, 2.45) is 0 Å². The van der Waals surface area contributed by atoms with Gasteiger partial charge in [-0.25, -0.2) is 9.07 Å². The molecule has 158 valence electrons. The number of amides is 1. The van der Waals surface area contributed by atoms with E-state index in [-0.39, 0.29) is 23.8 Å². The molecule has 0 spiro atoms. The predicted octanol–water partition coefficient (Wildman–Crippen LogP) is 2.71. The molecule has 3 aromatic heterocycles. The smallest absolute Gasteiger partial charge is 0.276 e.